The zero-order valence-corrected chi connectivity index (χ0v) is 41.2. The minimum atomic E-state index is -0.327. The van der Waals surface area contributed by atoms with E-state index in [0.29, 0.717) is 22.7 Å². The third-order valence-electron chi connectivity index (χ3n) is 12.5. The van der Waals surface area contributed by atoms with Crippen LogP contribution >= 0.6 is 23.5 Å². The lowest BCUT2D eigenvalue weighted by Crippen LogP contribution is -2.01. The van der Waals surface area contributed by atoms with Crippen molar-refractivity contribution in [3.63, 3.8) is 0 Å². The molecule has 6 heterocycles. The second-order valence-corrected chi connectivity index (χ2v) is 18.7. The van der Waals surface area contributed by atoms with Crippen molar-refractivity contribution in [1.82, 2.24) is 39.5 Å². The van der Waals surface area contributed by atoms with E-state index in [1.54, 1.807) is 112 Å². The fourth-order valence-electron chi connectivity index (χ4n) is 8.92. The van der Waals surface area contributed by atoms with E-state index in [4.69, 9.17) is 20.2 Å². The van der Waals surface area contributed by atoms with Gasteiger partial charge in [-0.1, -0.05) is 24.3 Å². The molecular formula is C60H40F4N8S2. The molecule has 0 aliphatic rings. The molecule has 0 aliphatic heterocycles. The van der Waals surface area contributed by atoms with Crippen LogP contribution in [0.15, 0.2) is 217 Å². The van der Waals surface area contributed by atoms with Gasteiger partial charge in [-0.3, -0.25) is 9.97 Å². The highest BCUT2D eigenvalue weighted by molar-refractivity contribution is 7.98. The highest BCUT2D eigenvalue weighted by atomic mass is 32.2. The number of rotatable bonds is 10. The van der Waals surface area contributed by atoms with Crippen molar-refractivity contribution in [2.45, 2.75) is 9.79 Å². The zero-order chi connectivity index (χ0) is 50.7. The van der Waals surface area contributed by atoms with Gasteiger partial charge < -0.3 is 0 Å². The van der Waals surface area contributed by atoms with Gasteiger partial charge in [0.2, 0.25) is 0 Å². The Morgan fingerprint density at radius 1 is 0.392 bits per heavy atom. The normalized spacial score (nSPS) is 11.2. The van der Waals surface area contributed by atoms with Gasteiger partial charge in [0.25, 0.3) is 0 Å². The maximum atomic E-state index is 13.9. The molecule has 0 radical (unpaired) electrons. The highest BCUT2D eigenvalue weighted by Gasteiger charge is 2.25. The minimum absolute atomic E-state index is 0.317. The zero-order valence-electron chi connectivity index (χ0n) is 39.5. The molecule has 360 valence electrons. The molecule has 6 aromatic carbocycles. The lowest BCUT2D eigenvalue weighted by atomic mass is 9.89. The first-order chi connectivity index (χ1) is 36.2. The molecule has 0 aliphatic carbocycles. The summed E-state index contributed by atoms with van der Waals surface area (Å²) >= 11 is 3.34. The van der Waals surface area contributed by atoms with Gasteiger partial charge in [0.15, 0.2) is 11.3 Å². The predicted molar refractivity (Wildman–Crippen MR) is 289 cm³/mol. The number of hydrogen-bond donors (Lipinski definition) is 0. The number of aromatic nitrogens is 8. The fraction of sp³-hybridized carbons (Fsp3) is 0.0333. The van der Waals surface area contributed by atoms with Crippen LogP contribution in [0.5, 0.6) is 0 Å². The first-order valence-corrected chi connectivity index (χ1v) is 25.7. The van der Waals surface area contributed by atoms with Crippen molar-refractivity contribution >= 4 is 45.6 Å². The van der Waals surface area contributed by atoms with Crippen molar-refractivity contribution in [3.8, 4) is 78.4 Å². The van der Waals surface area contributed by atoms with E-state index in [2.05, 4.69) is 9.97 Å². The molecule has 6 aromatic heterocycles. The molecule has 0 fully saturated rings. The summed E-state index contributed by atoms with van der Waals surface area (Å²) in [5.41, 5.74) is 12.6. The van der Waals surface area contributed by atoms with E-state index >= 15 is 0 Å². The SMILES string of the molecule is CSc1ccc(-n2cc3c(-c4ccc(F)cc4)c(-c4ccncc4)c(-c4ccc(F)cc4)nc3n2)cc1.CSc1ccc(-n2ncc3c(-c4ccc(F)cc4)c(-c4ccncc4)c(-c4ccc(F)cc4)nc32)cc1. The van der Waals surface area contributed by atoms with Crippen LogP contribution in [0.4, 0.5) is 17.6 Å². The summed E-state index contributed by atoms with van der Waals surface area (Å²) in [5.74, 6) is -1.29. The summed E-state index contributed by atoms with van der Waals surface area (Å²) in [5, 5.41) is 11.2. The van der Waals surface area contributed by atoms with Gasteiger partial charge in [-0.25, -0.2) is 36.9 Å². The van der Waals surface area contributed by atoms with Crippen molar-refractivity contribution in [1.29, 1.82) is 0 Å². The molecule has 0 bridgehead atoms. The monoisotopic (exact) mass is 1010 g/mol. The van der Waals surface area contributed by atoms with Crippen LogP contribution < -0.4 is 0 Å². The molecule has 74 heavy (non-hydrogen) atoms. The number of pyridine rings is 4. The lowest BCUT2D eigenvalue weighted by Gasteiger charge is -2.17. The average Bonchev–Trinajstić information content (AvgIpc) is 4.09. The Kier molecular flexibility index (Phi) is 13.4. The quantitative estimate of drug-likeness (QED) is 0.0989. The van der Waals surface area contributed by atoms with Crippen LogP contribution in [0, 0.1) is 23.3 Å². The third kappa shape index (κ3) is 9.55. The molecule has 0 N–H and O–H groups in total. The van der Waals surface area contributed by atoms with Crippen LogP contribution in [-0.4, -0.2) is 52.0 Å². The second kappa shape index (κ2) is 20.8. The summed E-state index contributed by atoms with van der Waals surface area (Å²) in [4.78, 5) is 20.8. The number of benzene rings is 6. The Labute approximate surface area is 431 Å². The molecule has 0 saturated heterocycles. The lowest BCUT2D eigenvalue weighted by molar-refractivity contribution is 0.627. The summed E-state index contributed by atoms with van der Waals surface area (Å²) < 4.78 is 59.2. The molecule has 8 nitrogen and oxygen atoms in total. The Bertz CT molecular complexity index is 3820. The van der Waals surface area contributed by atoms with Gasteiger partial charge in [0.05, 0.1) is 29.0 Å². The van der Waals surface area contributed by atoms with E-state index in [9.17, 15) is 17.6 Å². The number of fused-ring (bicyclic) bond motifs is 2. The minimum Gasteiger partial charge on any atom is -0.265 e. The molecule has 0 spiro atoms. The predicted octanol–water partition coefficient (Wildman–Crippen LogP) is 15.6. The number of hydrogen-bond acceptors (Lipinski definition) is 8. The van der Waals surface area contributed by atoms with Crippen LogP contribution in [-0.2, 0) is 0 Å². The molecule has 12 aromatic rings. The first-order valence-electron chi connectivity index (χ1n) is 23.2. The Morgan fingerprint density at radius 2 is 0.784 bits per heavy atom. The molecule has 0 amide bonds. The highest BCUT2D eigenvalue weighted by Crippen LogP contribution is 2.45. The second-order valence-electron chi connectivity index (χ2n) is 16.9. The average molecular weight is 1010 g/mol. The van der Waals surface area contributed by atoms with Gasteiger partial charge >= 0.3 is 0 Å². The van der Waals surface area contributed by atoms with Gasteiger partial charge in [-0.05, 0) is 180 Å². The topological polar surface area (TPSA) is 87.2 Å². The number of nitrogens with zero attached hydrogens (tertiary/aromatic N) is 8. The van der Waals surface area contributed by atoms with E-state index in [0.717, 1.165) is 87.6 Å². The van der Waals surface area contributed by atoms with E-state index in [1.165, 1.54) is 48.5 Å². The maximum absolute atomic E-state index is 13.9. The molecule has 14 heteroatoms. The Morgan fingerprint density at radius 3 is 1.23 bits per heavy atom. The summed E-state index contributed by atoms with van der Waals surface area (Å²) in [6, 6.07) is 49.2. The van der Waals surface area contributed by atoms with E-state index in [-0.39, 0.29) is 23.3 Å². The van der Waals surface area contributed by atoms with Crippen LogP contribution in [0.1, 0.15) is 0 Å². The first kappa shape index (κ1) is 47.6. The molecular weight excluding hydrogens is 973 g/mol. The van der Waals surface area contributed by atoms with Gasteiger partial charge in [0.1, 0.15) is 23.3 Å². The van der Waals surface area contributed by atoms with Gasteiger partial charge in [0, 0.05) is 84.9 Å². The largest absolute Gasteiger partial charge is 0.265 e. The summed E-state index contributed by atoms with van der Waals surface area (Å²) in [6.45, 7) is 0. The van der Waals surface area contributed by atoms with Crippen LogP contribution in [0.2, 0.25) is 0 Å². The van der Waals surface area contributed by atoms with Crippen LogP contribution in [0.3, 0.4) is 0 Å². The molecule has 0 saturated carbocycles. The molecule has 12 rings (SSSR count). The molecule has 0 unspecified atom stereocenters. The van der Waals surface area contributed by atoms with Crippen molar-refractivity contribution in [2.24, 2.45) is 0 Å². The Hall–Kier alpha value is -8.72. The number of thioether (sulfide) groups is 2. The summed E-state index contributed by atoms with van der Waals surface area (Å²) in [6.07, 6.45) is 14.7. The maximum Gasteiger partial charge on any atom is 0.182 e. The third-order valence-corrected chi connectivity index (χ3v) is 14.0. The number of halogens is 4. The van der Waals surface area contributed by atoms with Crippen molar-refractivity contribution in [2.75, 3.05) is 12.5 Å². The van der Waals surface area contributed by atoms with E-state index < -0.39 is 0 Å². The summed E-state index contributed by atoms with van der Waals surface area (Å²) in [7, 11) is 0. The van der Waals surface area contributed by atoms with Crippen LogP contribution in [0.25, 0.3) is 100 Å². The van der Waals surface area contributed by atoms with Gasteiger partial charge in [-0.2, -0.15) is 5.10 Å². The fourth-order valence-corrected chi connectivity index (χ4v) is 9.74. The molecule has 0 atom stereocenters. The van der Waals surface area contributed by atoms with Crippen molar-refractivity contribution < 1.29 is 17.6 Å². The standard InChI is InChI=1S/2C30H20F2N4S/c1-37-25-12-10-24(11-13-25)36-18-26-27(19-2-6-22(31)7-3-19)28(20-14-16-33-17-15-20)29(34-30(26)35-36)21-4-8-23(32)9-5-21;1-37-25-12-10-24(11-13-25)36-30-26(18-34-36)27(19-2-6-22(31)7-3-19)28(20-14-16-33-17-15-20)29(35-30)21-4-8-23(32)9-5-21/h2*2-18H,1H3. The Balaban J connectivity index is 0.000000159. The van der Waals surface area contributed by atoms with Gasteiger partial charge in [-0.15, -0.1) is 28.6 Å². The smallest absolute Gasteiger partial charge is 0.182 e. The van der Waals surface area contributed by atoms with E-state index in [1.807, 2.05) is 91.5 Å². The van der Waals surface area contributed by atoms with Crippen molar-refractivity contribution in [3.05, 3.63) is 230 Å².